The number of amides is 1. The van der Waals surface area contributed by atoms with Crippen molar-refractivity contribution < 1.29 is 14.3 Å². The number of hydrogen-bond donors (Lipinski definition) is 0. The zero-order valence-electron chi connectivity index (χ0n) is 9.37. The first-order valence-electron chi connectivity index (χ1n) is 4.78. The first-order valence-corrected chi connectivity index (χ1v) is 4.78. The lowest BCUT2D eigenvalue weighted by Gasteiger charge is -2.15. The van der Waals surface area contributed by atoms with E-state index in [-0.39, 0.29) is 18.4 Å². The van der Waals surface area contributed by atoms with Crippen LogP contribution in [-0.2, 0) is 14.3 Å². The molecule has 0 N–H and O–H groups in total. The van der Waals surface area contributed by atoms with E-state index < -0.39 is 0 Å². The number of rotatable bonds is 5. The monoisotopic (exact) mass is 201 g/mol. The minimum atomic E-state index is -0.384. The SMILES string of the molecule is COC(=O)CN(C)C(=O)CCC(C)C. The molecule has 0 radical (unpaired) electrons. The van der Waals surface area contributed by atoms with Crippen molar-refractivity contribution in [3.63, 3.8) is 0 Å². The van der Waals surface area contributed by atoms with Crippen LogP contribution < -0.4 is 0 Å². The Balaban J connectivity index is 3.82. The maximum atomic E-state index is 11.4. The van der Waals surface area contributed by atoms with Gasteiger partial charge in [0.25, 0.3) is 0 Å². The number of hydrogen-bond acceptors (Lipinski definition) is 3. The molecule has 4 nitrogen and oxygen atoms in total. The van der Waals surface area contributed by atoms with Crippen molar-refractivity contribution in [1.29, 1.82) is 0 Å². The first kappa shape index (κ1) is 12.9. The zero-order valence-corrected chi connectivity index (χ0v) is 9.37. The van der Waals surface area contributed by atoms with Crippen molar-refractivity contribution in [3.8, 4) is 0 Å². The van der Waals surface area contributed by atoms with Gasteiger partial charge < -0.3 is 9.64 Å². The third-order valence-electron chi connectivity index (χ3n) is 1.96. The minimum Gasteiger partial charge on any atom is -0.468 e. The molecule has 0 aromatic carbocycles. The molecule has 0 saturated heterocycles. The third kappa shape index (κ3) is 5.56. The van der Waals surface area contributed by atoms with Crippen molar-refractivity contribution >= 4 is 11.9 Å². The number of esters is 1. The molecule has 0 rings (SSSR count). The Morgan fingerprint density at radius 3 is 2.36 bits per heavy atom. The highest BCUT2D eigenvalue weighted by molar-refractivity contribution is 5.81. The second-order valence-electron chi connectivity index (χ2n) is 3.76. The van der Waals surface area contributed by atoms with Crippen LogP contribution in [-0.4, -0.2) is 37.5 Å². The fraction of sp³-hybridized carbons (Fsp3) is 0.800. The molecule has 0 aliphatic heterocycles. The van der Waals surface area contributed by atoms with Crippen LogP contribution >= 0.6 is 0 Å². The van der Waals surface area contributed by atoms with Gasteiger partial charge in [0, 0.05) is 13.5 Å². The summed E-state index contributed by atoms with van der Waals surface area (Å²) in [6, 6.07) is 0. The van der Waals surface area contributed by atoms with Crippen LogP contribution in [0.1, 0.15) is 26.7 Å². The Kier molecular flexibility index (Phi) is 5.92. The van der Waals surface area contributed by atoms with Gasteiger partial charge in [-0.05, 0) is 12.3 Å². The van der Waals surface area contributed by atoms with Crippen molar-refractivity contribution in [1.82, 2.24) is 4.90 Å². The summed E-state index contributed by atoms with van der Waals surface area (Å²) < 4.78 is 4.46. The van der Waals surface area contributed by atoms with Crippen LogP contribution in [0, 0.1) is 5.92 Å². The molecular formula is C10H19NO3. The number of methoxy groups -OCH3 is 1. The quantitative estimate of drug-likeness (QED) is 0.625. The lowest BCUT2D eigenvalue weighted by atomic mass is 10.1. The van der Waals surface area contributed by atoms with E-state index in [1.54, 1.807) is 7.05 Å². The third-order valence-corrected chi connectivity index (χ3v) is 1.96. The Hall–Kier alpha value is -1.06. The molecule has 82 valence electrons. The van der Waals surface area contributed by atoms with Gasteiger partial charge in [-0.25, -0.2) is 0 Å². The molecule has 1 amide bonds. The molecule has 0 atom stereocenters. The van der Waals surface area contributed by atoms with Crippen LogP contribution in [0.2, 0.25) is 0 Å². The molecule has 0 aromatic rings. The molecule has 0 bridgehead atoms. The predicted molar refractivity (Wildman–Crippen MR) is 53.7 cm³/mol. The summed E-state index contributed by atoms with van der Waals surface area (Å²) in [6.07, 6.45) is 1.34. The molecule has 0 aliphatic carbocycles. The number of ether oxygens (including phenoxy) is 1. The molecule has 4 heteroatoms. The zero-order chi connectivity index (χ0) is 11.1. The van der Waals surface area contributed by atoms with Gasteiger partial charge in [0.2, 0.25) is 5.91 Å². The van der Waals surface area contributed by atoms with Crippen LogP contribution in [0.25, 0.3) is 0 Å². The fourth-order valence-corrected chi connectivity index (χ4v) is 0.949. The van der Waals surface area contributed by atoms with Gasteiger partial charge in [-0.1, -0.05) is 13.8 Å². The molecule has 0 spiro atoms. The Morgan fingerprint density at radius 1 is 1.36 bits per heavy atom. The van der Waals surface area contributed by atoms with Gasteiger partial charge >= 0.3 is 5.97 Å². The van der Waals surface area contributed by atoms with Gasteiger partial charge in [-0.15, -0.1) is 0 Å². The molecule has 0 aromatic heterocycles. The molecule has 14 heavy (non-hydrogen) atoms. The molecular weight excluding hydrogens is 182 g/mol. The maximum Gasteiger partial charge on any atom is 0.325 e. The van der Waals surface area contributed by atoms with Crippen molar-refractivity contribution in [2.24, 2.45) is 5.92 Å². The highest BCUT2D eigenvalue weighted by Gasteiger charge is 2.12. The van der Waals surface area contributed by atoms with E-state index in [1.807, 2.05) is 0 Å². The van der Waals surface area contributed by atoms with E-state index in [9.17, 15) is 9.59 Å². The summed E-state index contributed by atoms with van der Waals surface area (Å²) in [5.74, 6) is 0.111. The van der Waals surface area contributed by atoms with E-state index >= 15 is 0 Å². The highest BCUT2D eigenvalue weighted by atomic mass is 16.5. The maximum absolute atomic E-state index is 11.4. The van der Waals surface area contributed by atoms with Crippen LogP contribution in [0.5, 0.6) is 0 Å². The fourth-order valence-electron chi connectivity index (χ4n) is 0.949. The lowest BCUT2D eigenvalue weighted by molar-refractivity contribution is -0.146. The van der Waals surface area contributed by atoms with E-state index in [0.29, 0.717) is 12.3 Å². The van der Waals surface area contributed by atoms with Gasteiger partial charge in [0.1, 0.15) is 6.54 Å². The van der Waals surface area contributed by atoms with E-state index in [4.69, 9.17) is 0 Å². The second-order valence-corrected chi connectivity index (χ2v) is 3.76. The first-order chi connectivity index (χ1) is 6.47. The Labute approximate surface area is 85.2 Å². The van der Waals surface area contributed by atoms with Crippen molar-refractivity contribution in [2.75, 3.05) is 20.7 Å². The number of likely N-dealkylation sites (N-methyl/N-ethyl adjacent to an activating group) is 1. The Morgan fingerprint density at radius 2 is 1.93 bits per heavy atom. The van der Waals surface area contributed by atoms with E-state index in [1.165, 1.54) is 12.0 Å². The molecule has 0 aliphatic rings. The average molecular weight is 201 g/mol. The average Bonchev–Trinajstić information content (AvgIpc) is 2.13. The summed E-state index contributed by atoms with van der Waals surface area (Å²) in [6.45, 7) is 4.16. The number of carbonyl (C=O) groups is 2. The van der Waals surface area contributed by atoms with Gasteiger partial charge in [0.15, 0.2) is 0 Å². The van der Waals surface area contributed by atoms with E-state index in [0.717, 1.165) is 6.42 Å². The predicted octanol–water partition coefficient (Wildman–Crippen LogP) is 1.05. The highest BCUT2D eigenvalue weighted by Crippen LogP contribution is 2.05. The largest absolute Gasteiger partial charge is 0.468 e. The van der Waals surface area contributed by atoms with Crippen molar-refractivity contribution in [2.45, 2.75) is 26.7 Å². The summed E-state index contributed by atoms with van der Waals surface area (Å²) >= 11 is 0. The van der Waals surface area contributed by atoms with E-state index in [2.05, 4.69) is 18.6 Å². The van der Waals surface area contributed by atoms with Crippen LogP contribution in [0.4, 0.5) is 0 Å². The van der Waals surface area contributed by atoms with Crippen LogP contribution in [0.3, 0.4) is 0 Å². The lowest BCUT2D eigenvalue weighted by Crippen LogP contribution is -2.32. The summed E-state index contributed by atoms with van der Waals surface area (Å²) in [7, 11) is 2.92. The standard InChI is InChI=1S/C10H19NO3/c1-8(2)5-6-9(12)11(3)7-10(13)14-4/h8H,5-7H2,1-4H3. The van der Waals surface area contributed by atoms with Crippen LogP contribution in [0.15, 0.2) is 0 Å². The van der Waals surface area contributed by atoms with Gasteiger partial charge in [-0.3, -0.25) is 9.59 Å². The van der Waals surface area contributed by atoms with Gasteiger partial charge in [-0.2, -0.15) is 0 Å². The number of nitrogens with zero attached hydrogens (tertiary/aromatic N) is 1. The number of carbonyl (C=O) groups excluding carboxylic acids is 2. The molecule has 0 saturated carbocycles. The summed E-state index contributed by atoms with van der Waals surface area (Å²) in [5.41, 5.74) is 0. The smallest absolute Gasteiger partial charge is 0.325 e. The summed E-state index contributed by atoms with van der Waals surface area (Å²) in [5, 5.41) is 0. The molecule has 0 unspecified atom stereocenters. The minimum absolute atomic E-state index is 0.0101. The van der Waals surface area contributed by atoms with Crippen molar-refractivity contribution in [3.05, 3.63) is 0 Å². The molecule has 0 fully saturated rings. The van der Waals surface area contributed by atoms with Gasteiger partial charge in [0.05, 0.1) is 7.11 Å². The normalized spacial score (nSPS) is 10.1. The Bertz CT molecular complexity index is 202. The topological polar surface area (TPSA) is 46.6 Å². The second kappa shape index (κ2) is 6.40. The molecule has 0 heterocycles. The summed E-state index contributed by atoms with van der Waals surface area (Å²) in [4.78, 5) is 23.7.